The van der Waals surface area contributed by atoms with Crippen LogP contribution in [0.1, 0.15) is 11.1 Å². The molecule has 5 rings (SSSR count). The molecular weight excluding hydrogens is 380 g/mol. The summed E-state index contributed by atoms with van der Waals surface area (Å²) in [6.45, 7) is 4.28. The predicted molar refractivity (Wildman–Crippen MR) is 120 cm³/mol. The van der Waals surface area contributed by atoms with E-state index in [9.17, 15) is 0 Å². The molecule has 0 nitrogen and oxygen atoms in total. The zero-order chi connectivity index (χ0) is 19.3. The molecule has 2 heteroatoms. The zero-order valence-corrected chi connectivity index (χ0v) is 17.5. The van der Waals surface area contributed by atoms with Gasteiger partial charge in [-0.2, -0.15) is 0 Å². The Morgan fingerprint density at radius 2 is 1.11 bits per heavy atom. The average molecular weight is 401 g/mol. The molecule has 0 amide bonds. The summed E-state index contributed by atoms with van der Waals surface area (Å²) in [6, 6.07) is 33.2. The Bertz CT molecular complexity index is 1130. The Labute approximate surface area is 173 Å². The number of fused-ring (bicyclic) bond motifs is 3. The fraction of sp³-hybridized carbons (Fsp3) is 0.0769. The van der Waals surface area contributed by atoms with Crippen molar-refractivity contribution < 1.29 is 0 Å². The van der Waals surface area contributed by atoms with Gasteiger partial charge in [-0.15, -0.1) is 10.0 Å². The van der Waals surface area contributed by atoms with E-state index < -0.39 is 10.0 Å². The van der Waals surface area contributed by atoms with Crippen LogP contribution in [-0.4, -0.2) is 0 Å². The van der Waals surface area contributed by atoms with Gasteiger partial charge in [-0.1, -0.05) is 77.3 Å². The van der Waals surface area contributed by atoms with Gasteiger partial charge >= 0.3 is 0 Å². The highest BCUT2D eigenvalue weighted by Gasteiger charge is 2.43. The first kappa shape index (κ1) is 17.6. The molecule has 28 heavy (non-hydrogen) atoms. The quantitative estimate of drug-likeness (QED) is 0.279. The Hall–Kier alpha value is -2.48. The third kappa shape index (κ3) is 2.40. The molecule has 0 radical (unpaired) electrons. The van der Waals surface area contributed by atoms with Crippen molar-refractivity contribution in [3.05, 3.63) is 107 Å². The van der Waals surface area contributed by atoms with Gasteiger partial charge in [-0.3, -0.25) is 0 Å². The van der Waals surface area contributed by atoms with Crippen LogP contribution in [0.5, 0.6) is 0 Å². The Balaban J connectivity index is 1.98. The smallest absolute Gasteiger partial charge is 0.0542 e. The van der Waals surface area contributed by atoms with Crippen LogP contribution >= 0.6 is 21.6 Å². The molecule has 0 aromatic heterocycles. The van der Waals surface area contributed by atoms with E-state index in [2.05, 4.69) is 98.8 Å². The topological polar surface area (TPSA) is 0 Å². The second-order valence-electron chi connectivity index (χ2n) is 7.35. The maximum Gasteiger partial charge on any atom is 0.0542 e. The van der Waals surface area contributed by atoms with E-state index in [1.807, 2.05) is 6.07 Å². The second kappa shape index (κ2) is 6.55. The average Bonchev–Trinajstić information content (AvgIpc) is 3.02. The standard InChI is InChI=1S/C26H21ClS/c1-18-10-14-20(15-11-18)28(21-16-12-19(2)13-17-21)25-9-4-3-6-22(25)23-7-5-8-24(27)26(23)28/h3-17H,1-2H3. The third-order valence-electron chi connectivity index (χ3n) is 5.53. The van der Waals surface area contributed by atoms with Crippen molar-refractivity contribution in [3.8, 4) is 11.1 Å². The van der Waals surface area contributed by atoms with Crippen LogP contribution in [0.4, 0.5) is 0 Å². The Morgan fingerprint density at radius 3 is 1.71 bits per heavy atom. The molecule has 1 heterocycles. The highest BCUT2D eigenvalue weighted by Crippen LogP contribution is 2.81. The lowest BCUT2D eigenvalue weighted by molar-refractivity contribution is 1.26. The van der Waals surface area contributed by atoms with Crippen molar-refractivity contribution in [2.75, 3.05) is 0 Å². The highest BCUT2D eigenvalue weighted by atomic mass is 35.5. The molecule has 1 aliphatic rings. The van der Waals surface area contributed by atoms with E-state index in [4.69, 9.17) is 11.6 Å². The largest absolute Gasteiger partial charge is 0.130 e. The summed E-state index contributed by atoms with van der Waals surface area (Å²) in [5.41, 5.74) is 5.11. The van der Waals surface area contributed by atoms with Crippen LogP contribution in [0.2, 0.25) is 5.02 Å². The minimum absolute atomic E-state index is 0.852. The molecular formula is C26H21ClS. The second-order valence-corrected chi connectivity index (χ2v) is 10.8. The maximum atomic E-state index is 6.93. The van der Waals surface area contributed by atoms with E-state index in [0.717, 1.165) is 5.02 Å². The minimum Gasteiger partial charge on any atom is -0.130 e. The van der Waals surface area contributed by atoms with Gasteiger partial charge in [0.05, 0.1) is 5.02 Å². The van der Waals surface area contributed by atoms with Crippen LogP contribution in [0, 0.1) is 13.8 Å². The van der Waals surface area contributed by atoms with Crippen LogP contribution in [-0.2, 0) is 0 Å². The maximum absolute atomic E-state index is 6.93. The molecule has 0 fully saturated rings. The monoisotopic (exact) mass is 400 g/mol. The molecule has 0 aliphatic carbocycles. The summed E-state index contributed by atoms with van der Waals surface area (Å²) in [6.07, 6.45) is 0. The summed E-state index contributed by atoms with van der Waals surface area (Å²) in [5, 5.41) is 0.852. The Kier molecular flexibility index (Phi) is 4.12. The molecule has 0 saturated carbocycles. The van der Waals surface area contributed by atoms with Gasteiger partial charge in [0.15, 0.2) is 0 Å². The number of hydrogen-bond acceptors (Lipinski definition) is 0. The fourth-order valence-electron chi connectivity index (χ4n) is 4.21. The summed E-state index contributed by atoms with van der Waals surface area (Å²) in [7, 11) is -1.63. The summed E-state index contributed by atoms with van der Waals surface area (Å²) >= 11 is 6.93. The zero-order valence-electron chi connectivity index (χ0n) is 15.9. The number of benzene rings is 4. The van der Waals surface area contributed by atoms with Gasteiger partial charge in [-0.25, -0.2) is 0 Å². The van der Waals surface area contributed by atoms with Crippen LogP contribution in [0.3, 0.4) is 0 Å². The fourth-order valence-corrected chi connectivity index (χ4v) is 8.95. The van der Waals surface area contributed by atoms with Gasteiger partial charge in [-0.05, 0) is 61.4 Å². The predicted octanol–water partition coefficient (Wildman–Crippen LogP) is 8.28. The van der Waals surface area contributed by atoms with E-state index in [1.165, 1.54) is 41.8 Å². The molecule has 0 unspecified atom stereocenters. The number of hydrogen-bond donors (Lipinski definition) is 0. The molecule has 0 bridgehead atoms. The summed E-state index contributed by atoms with van der Waals surface area (Å²) in [5.74, 6) is 0. The van der Waals surface area contributed by atoms with Crippen molar-refractivity contribution in [1.82, 2.24) is 0 Å². The van der Waals surface area contributed by atoms with E-state index in [-0.39, 0.29) is 0 Å². The van der Waals surface area contributed by atoms with Crippen LogP contribution < -0.4 is 0 Å². The molecule has 0 saturated heterocycles. The van der Waals surface area contributed by atoms with Crippen molar-refractivity contribution in [1.29, 1.82) is 0 Å². The molecule has 0 N–H and O–H groups in total. The van der Waals surface area contributed by atoms with E-state index in [0.29, 0.717) is 0 Å². The van der Waals surface area contributed by atoms with Crippen LogP contribution in [0.15, 0.2) is 111 Å². The van der Waals surface area contributed by atoms with E-state index in [1.54, 1.807) is 0 Å². The van der Waals surface area contributed by atoms with Gasteiger partial charge in [0.25, 0.3) is 0 Å². The molecule has 4 aromatic carbocycles. The van der Waals surface area contributed by atoms with Crippen molar-refractivity contribution in [2.24, 2.45) is 0 Å². The van der Waals surface area contributed by atoms with Gasteiger partial charge in [0.1, 0.15) is 0 Å². The lowest BCUT2D eigenvalue weighted by Gasteiger charge is -2.39. The highest BCUT2D eigenvalue weighted by molar-refractivity contribution is 8.34. The van der Waals surface area contributed by atoms with Crippen molar-refractivity contribution in [3.63, 3.8) is 0 Å². The number of aryl methyl sites for hydroxylation is 2. The van der Waals surface area contributed by atoms with Crippen molar-refractivity contribution in [2.45, 2.75) is 33.4 Å². The molecule has 138 valence electrons. The first-order valence-electron chi connectivity index (χ1n) is 9.47. The minimum atomic E-state index is -1.63. The number of halogens is 1. The lowest BCUT2D eigenvalue weighted by Crippen LogP contribution is -2.02. The molecule has 0 spiro atoms. The SMILES string of the molecule is Cc1ccc(S2(c3ccc(C)cc3)c3ccccc3-c3cccc(Cl)c32)cc1. The molecule has 4 aromatic rings. The molecule has 0 atom stereocenters. The van der Waals surface area contributed by atoms with Gasteiger partial charge in [0.2, 0.25) is 0 Å². The van der Waals surface area contributed by atoms with Crippen LogP contribution in [0.25, 0.3) is 11.1 Å². The first-order chi connectivity index (χ1) is 13.6. The van der Waals surface area contributed by atoms with Gasteiger partial charge < -0.3 is 0 Å². The Morgan fingerprint density at radius 1 is 0.571 bits per heavy atom. The summed E-state index contributed by atoms with van der Waals surface area (Å²) < 4.78 is 0. The van der Waals surface area contributed by atoms with Gasteiger partial charge in [0, 0.05) is 19.6 Å². The summed E-state index contributed by atoms with van der Waals surface area (Å²) in [4.78, 5) is 5.32. The third-order valence-corrected chi connectivity index (χ3v) is 9.98. The lowest BCUT2D eigenvalue weighted by atomic mass is 10.1. The molecule has 1 aliphatic heterocycles. The van der Waals surface area contributed by atoms with Crippen molar-refractivity contribution >= 4 is 21.6 Å². The normalized spacial score (nSPS) is 15.0. The van der Waals surface area contributed by atoms with E-state index >= 15 is 0 Å². The first-order valence-corrected chi connectivity index (χ1v) is 11.5. The number of rotatable bonds is 2.